The number of fused-ring (bicyclic) bond motifs is 1. The standard InChI is InChI=1S/C12H17NO3S/c1-9(2)13-17(14,15)11-5-6-12-10(8-11)4-3-7-16-12/h5-6,8-9,13H,3-4,7H2,1-2H3. The molecule has 4 nitrogen and oxygen atoms in total. The molecule has 94 valence electrons. The van der Waals surface area contributed by atoms with Gasteiger partial charge in [0.2, 0.25) is 10.0 Å². The molecule has 0 aliphatic carbocycles. The number of aryl methyl sites for hydroxylation is 1. The van der Waals surface area contributed by atoms with E-state index in [-0.39, 0.29) is 6.04 Å². The summed E-state index contributed by atoms with van der Waals surface area (Å²) < 4.78 is 32.0. The maximum absolute atomic E-state index is 12.0. The van der Waals surface area contributed by atoms with Crippen LogP contribution in [0, 0.1) is 0 Å². The smallest absolute Gasteiger partial charge is 0.240 e. The summed E-state index contributed by atoms with van der Waals surface area (Å²) in [6, 6.07) is 4.93. The lowest BCUT2D eigenvalue weighted by Crippen LogP contribution is -2.30. The highest BCUT2D eigenvalue weighted by Crippen LogP contribution is 2.27. The molecule has 0 bridgehead atoms. The van der Waals surface area contributed by atoms with Gasteiger partial charge in [-0.15, -0.1) is 0 Å². The molecule has 1 N–H and O–H groups in total. The Hall–Kier alpha value is -1.07. The van der Waals surface area contributed by atoms with Crippen LogP contribution in [0.25, 0.3) is 0 Å². The maximum Gasteiger partial charge on any atom is 0.240 e. The Morgan fingerprint density at radius 1 is 1.35 bits per heavy atom. The first-order valence-electron chi connectivity index (χ1n) is 5.77. The van der Waals surface area contributed by atoms with Gasteiger partial charge in [-0.1, -0.05) is 0 Å². The maximum atomic E-state index is 12.0. The molecule has 0 aromatic heterocycles. The predicted octanol–water partition coefficient (Wildman–Crippen LogP) is 1.70. The van der Waals surface area contributed by atoms with Gasteiger partial charge >= 0.3 is 0 Å². The van der Waals surface area contributed by atoms with E-state index in [1.807, 2.05) is 0 Å². The first kappa shape index (κ1) is 12.4. The highest BCUT2D eigenvalue weighted by Gasteiger charge is 2.18. The quantitative estimate of drug-likeness (QED) is 0.894. The highest BCUT2D eigenvalue weighted by atomic mass is 32.2. The summed E-state index contributed by atoms with van der Waals surface area (Å²) in [6.07, 6.45) is 1.81. The number of hydrogen-bond donors (Lipinski definition) is 1. The molecule has 1 aromatic carbocycles. The average Bonchev–Trinajstić information content (AvgIpc) is 2.26. The van der Waals surface area contributed by atoms with E-state index in [1.54, 1.807) is 32.0 Å². The Kier molecular flexibility index (Phi) is 3.40. The van der Waals surface area contributed by atoms with Gasteiger partial charge in [-0.2, -0.15) is 0 Å². The zero-order valence-corrected chi connectivity index (χ0v) is 10.9. The van der Waals surface area contributed by atoms with Gasteiger partial charge < -0.3 is 4.74 Å². The molecule has 5 heteroatoms. The fourth-order valence-corrected chi connectivity index (χ4v) is 3.18. The minimum atomic E-state index is -3.40. The van der Waals surface area contributed by atoms with Crippen molar-refractivity contribution in [2.45, 2.75) is 37.6 Å². The second-order valence-electron chi connectivity index (χ2n) is 4.50. The zero-order chi connectivity index (χ0) is 12.5. The molecule has 1 aliphatic rings. The number of hydrogen-bond acceptors (Lipinski definition) is 3. The summed E-state index contributed by atoms with van der Waals surface area (Å²) in [4.78, 5) is 0.315. The number of nitrogens with one attached hydrogen (secondary N) is 1. The number of benzene rings is 1. The lowest BCUT2D eigenvalue weighted by atomic mass is 10.1. The molecule has 17 heavy (non-hydrogen) atoms. The van der Waals surface area contributed by atoms with Crippen LogP contribution in [0.15, 0.2) is 23.1 Å². The van der Waals surface area contributed by atoms with Crippen LogP contribution in [0.3, 0.4) is 0 Å². The van der Waals surface area contributed by atoms with Crippen LogP contribution in [-0.4, -0.2) is 21.1 Å². The van der Waals surface area contributed by atoms with Crippen LogP contribution >= 0.6 is 0 Å². The summed E-state index contributed by atoms with van der Waals surface area (Å²) in [6.45, 7) is 4.32. The van der Waals surface area contributed by atoms with Crippen LogP contribution in [0.1, 0.15) is 25.8 Å². The molecule has 0 saturated carbocycles. The fraction of sp³-hybridized carbons (Fsp3) is 0.500. The third-order valence-corrected chi connectivity index (χ3v) is 4.24. The largest absolute Gasteiger partial charge is 0.493 e. The normalized spacial score (nSPS) is 15.5. The summed E-state index contributed by atoms with van der Waals surface area (Å²) in [5.41, 5.74) is 0.975. The Bertz CT molecular complexity index is 508. The third-order valence-electron chi connectivity index (χ3n) is 2.58. The Balaban J connectivity index is 2.34. The second kappa shape index (κ2) is 4.66. The van der Waals surface area contributed by atoms with Gasteiger partial charge in [-0.05, 0) is 50.5 Å². The van der Waals surface area contributed by atoms with Gasteiger partial charge in [0.05, 0.1) is 11.5 Å². The molecule has 0 radical (unpaired) electrons. The van der Waals surface area contributed by atoms with E-state index in [4.69, 9.17) is 4.74 Å². The molecule has 1 aliphatic heterocycles. The Morgan fingerprint density at radius 2 is 2.12 bits per heavy atom. The van der Waals surface area contributed by atoms with E-state index < -0.39 is 10.0 Å². The number of ether oxygens (including phenoxy) is 1. The van der Waals surface area contributed by atoms with Crippen LogP contribution in [0.5, 0.6) is 5.75 Å². The molecule has 2 rings (SSSR count). The van der Waals surface area contributed by atoms with Gasteiger partial charge in [0.1, 0.15) is 5.75 Å². The predicted molar refractivity (Wildman–Crippen MR) is 65.7 cm³/mol. The van der Waals surface area contributed by atoms with Crippen LogP contribution in [0.4, 0.5) is 0 Å². The minimum Gasteiger partial charge on any atom is -0.493 e. The van der Waals surface area contributed by atoms with Crippen molar-refractivity contribution in [3.8, 4) is 5.75 Å². The van der Waals surface area contributed by atoms with Crippen molar-refractivity contribution < 1.29 is 13.2 Å². The Labute approximate surface area is 102 Å². The van der Waals surface area contributed by atoms with Crippen molar-refractivity contribution >= 4 is 10.0 Å². The first-order valence-corrected chi connectivity index (χ1v) is 7.25. The molecule has 0 spiro atoms. The van der Waals surface area contributed by atoms with Crippen LogP contribution in [0.2, 0.25) is 0 Å². The van der Waals surface area contributed by atoms with Crippen molar-refractivity contribution in [1.29, 1.82) is 0 Å². The molecule has 0 saturated heterocycles. The van der Waals surface area contributed by atoms with Crippen molar-refractivity contribution in [1.82, 2.24) is 4.72 Å². The topological polar surface area (TPSA) is 55.4 Å². The number of rotatable bonds is 3. The van der Waals surface area contributed by atoms with Crippen molar-refractivity contribution in [2.75, 3.05) is 6.61 Å². The van der Waals surface area contributed by atoms with E-state index in [0.717, 1.165) is 24.2 Å². The van der Waals surface area contributed by atoms with E-state index in [0.29, 0.717) is 11.5 Å². The van der Waals surface area contributed by atoms with E-state index in [1.165, 1.54) is 0 Å². The lowest BCUT2D eigenvalue weighted by Gasteiger charge is -2.18. The molecule has 0 atom stereocenters. The monoisotopic (exact) mass is 255 g/mol. The SMILES string of the molecule is CC(C)NS(=O)(=O)c1ccc2c(c1)CCCO2. The van der Waals surface area contributed by atoms with E-state index in [2.05, 4.69) is 4.72 Å². The summed E-state index contributed by atoms with van der Waals surface area (Å²) in [7, 11) is -3.40. The minimum absolute atomic E-state index is 0.104. The van der Waals surface area contributed by atoms with Gasteiger partial charge in [-0.3, -0.25) is 0 Å². The zero-order valence-electron chi connectivity index (χ0n) is 10.1. The van der Waals surface area contributed by atoms with Gasteiger partial charge in [-0.25, -0.2) is 13.1 Å². The van der Waals surface area contributed by atoms with E-state index >= 15 is 0 Å². The fourth-order valence-electron chi connectivity index (χ4n) is 1.88. The second-order valence-corrected chi connectivity index (χ2v) is 6.21. The van der Waals surface area contributed by atoms with E-state index in [9.17, 15) is 8.42 Å². The van der Waals surface area contributed by atoms with Crippen LogP contribution in [-0.2, 0) is 16.4 Å². The summed E-state index contributed by atoms with van der Waals surface area (Å²) in [5, 5.41) is 0. The average molecular weight is 255 g/mol. The summed E-state index contributed by atoms with van der Waals surface area (Å²) >= 11 is 0. The van der Waals surface area contributed by atoms with Crippen molar-refractivity contribution in [3.05, 3.63) is 23.8 Å². The summed E-state index contributed by atoms with van der Waals surface area (Å²) in [5.74, 6) is 0.805. The molecule has 1 heterocycles. The van der Waals surface area contributed by atoms with Gasteiger partial charge in [0.15, 0.2) is 0 Å². The van der Waals surface area contributed by atoms with Gasteiger partial charge in [0, 0.05) is 6.04 Å². The third kappa shape index (κ3) is 2.79. The molecule has 0 amide bonds. The molecule has 0 unspecified atom stereocenters. The molecule has 1 aromatic rings. The van der Waals surface area contributed by atoms with Crippen molar-refractivity contribution in [3.63, 3.8) is 0 Å². The van der Waals surface area contributed by atoms with Crippen LogP contribution < -0.4 is 9.46 Å². The first-order chi connectivity index (χ1) is 7.99. The molecular formula is C12H17NO3S. The lowest BCUT2D eigenvalue weighted by molar-refractivity contribution is 0.288. The molecular weight excluding hydrogens is 238 g/mol. The molecule has 0 fully saturated rings. The van der Waals surface area contributed by atoms with Gasteiger partial charge in [0.25, 0.3) is 0 Å². The number of sulfonamides is 1. The van der Waals surface area contributed by atoms with Crippen molar-refractivity contribution in [2.24, 2.45) is 0 Å². The highest BCUT2D eigenvalue weighted by molar-refractivity contribution is 7.89. The Morgan fingerprint density at radius 3 is 2.82 bits per heavy atom.